The number of carbonyl (C=O) groups is 1. The summed E-state index contributed by atoms with van der Waals surface area (Å²) in [5.74, 6) is -0.0404. The molecule has 0 aliphatic heterocycles. The molecule has 0 radical (unpaired) electrons. The highest BCUT2D eigenvalue weighted by molar-refractivity contribution is 7.11. The summed E-state index contributed by atoms with van der Waals surface area (Å²) < 4.78 is 0. The van der Waals surface area contributed by atoms with Gasteiger partial charge in [-0.15, -0.1) is 11.3 Å². The molecule has 1 N–H and O–H groups in total. The van der Waals surface area contributed by atoms with Crippen LogP contribution in [0.3, 0.4) is 0 Å². The molecule has 3 nitrogen and oxygen atoms in total. The van der Waals surface area contributed by atoms with Crippen LogP contribution >= 0.6 is 11.3 Å². The fourth-order valence-corrected chi connectivity index (χ4v) is 2.43. The van der Waals surface area contributed by atoms with E-state index >= 15 is 0 Å². The molecule has 0 spiro atoms. The summed E-state index contributed by atoms with van der Waals surface area (Å²) in [4.78, 5) is 16.6. The molecule has 4 heteroatoms. The first-order valence-corrected chi connectivity index (χ1v) is 7.22. The van der Waals surface area contributed by atoms with Crippen molar-refractivity contribution in [3.05, 3.63) is 46.3 Å². The van der Waals surface area contributed by atoms with Crippen molar-refractivity contribution in [2.75, 3.05) is 0 Å². The molecule has 0 bridgehead atoms. The van der Waals surface area contributed by atoms with Gasteiger partial charge in [0.2, 0.25) is 5.88 Å². The van der Waals surface area contributed by atoms with E-state index < -0.39 is 5.41 Å². The molecular weight excluding hydrogens is 270 g/mol. The fourth-order valence-electron chi connectivity index (χ4n) is 1.73. The van der Waals surface area contributed by atoms with Crippen LogP contribution < -0.4 is 0 Å². The van der Waals surface area contributed by atoms with Crippen molar-refractivity contribution < 1.29 is 9.90 Å². The number of carbonyl (C=O) groups excluding carboxylic acids is 1. The van der Waals surface area contributed by atoms with E-state index in [1.165, 1.54) is 16.7 Å². The Bertz CT molecular complexity index is 636. The molecular formula is C16H17NO2S. The summed E-state index contributed by atoms with van der Waals surface area (Å²) in [7, 11) is 0. The summed E-state index contributed by atoms with van der Waals surface area (Å²) in [6.45, 7) is 5.63. The molecule has 1 aromatic heterocycles. The predicted octanol–water partition coefficient (Wildman–Crippen LogP) is 4.00. The maximum atomic E-state index is 12.6. The standard InChI is InChI=1S/C16H17NO2S/c1-16(2,3)14(19)12(15-17-13(18)10-20-15)9-11-7-5-4-6-8-11/h4-10,18H,1-3H3. The van der Waals surface area contributed by atoms with Gasteiger partial charge in [0.15, 0.2) is 5.78 Å². The second-order valence-electron chi connectivity index (χ2n) is 5.56. The van der Waals surface area contributed by atoms with E-state index in [-0.39, 0.29) is 11.7 Å². The normalized spacial score (nSPS) is 12.4. The zero-order valence-electron chi connectivity index (χ0n) is 11.8. The number of aromatic nitrogens is 1. The van der Waals surface area contributed by atoms with E-state index in [2.05, 4.69) is 4.98 Å². The average Bonchev–Trinajstić information content (AvgIpc) is 2.82. The van der Waals surface area contributed by atoms with Gasteiger partial charge in [0.05, 0.1) is 11.0 Å². The quantitative estimate of drug-likeness (QED) is 0.868. The van der Waals surface area contributed by atoms with Crippen molar-refractivity contribution in [1.29, 1.82) is 0 Å². The van der Waals surface area contributed by atoms with Crippen molar-refractivity contribution in [2.45, 2.75) is 20.8 Å². The SMILES string of the molecule is CC(C)(C)C(=O)C(=Cc1ccccc1)c1nc(O)cs1. The number of hydrogen-bond acceptors (Lipinski definition) is 4. The van der Waals surface area contributed by atoms with Crippen LogP contribution in [0.2, 0.25) is 0 Å². The molecule has 0 unspecified atom stereocenters. The van der Waals surface area contributed by atoms with Crippen molar-refractivity contribution in [3.8, 4) is 5.88 Å². The second-order valence-corrected chi connectivity index (χ2v) is 6.42. The molecule has 104 valence electrons. The lowest BCUT2D eigenvalue weighted by atomic mass is 9.86. The smallest absolute Gasteiger partial charge is 0.222 e. The minimum atomic E-state index is -0.498. The highest BCUT2D eigenvalue weighted by Crippen LogP contribution is 2.31. The van der Waals surface area contributed by atoms with Gasteiger partial charge in [0.25, 0.3) is 0 Å². The lowest BCUT2D eigenvalue weighted by Crippen LogP contribution is -2.21. The molecule has 1 aromatic carbocycles. The molecule has 0 fully saturated rings. The number of hydrogen-bond donors (Lipinski definition) is 1. The zero-order chi connectivity index (χ0) is 14.8. The Morgan fingerprint density at radius 2 is 1.90 bits per heavy atom. The topological polar surface area (TPSA) is 50.2 Å². The number of rotatable bonds is 3. The molecule has 2 aromatic rings. The molecule has 0 saturated carbocycles. The Kier molecular flexibility index (Phi) is 4.04. The van der Waals surface area contributed by atoms with E-state index in [0.717, 1.165) is 5.56 Å². The van der Waals surface area contributed by atoms with Gasteiger partial charge in [0.1, 0.15) is 5.01 Å². The van der Waals surface area contributed by atoms with Crippen LogP contribution in [0, 0.1) is 5.41 Å². The number of benzene rings is 1. The molecule has 2 rings (SSSR count). The van der Waals surface area contributed by atoms with Crippen LogP contribution in [0.15, 0.2) is 35.7 Å². The first-order valence-electron chi connectivity index (χ1n) is 6.34. The van der Waals surface area contributed by atoms with Crippen LogP contribution in [0.4, 0.5) is 0 Å². The van der Waals surface area contributed by atoms with Gasteiger partial charge in [0, 0.05) is 5.41 Å². The Morgan fingerprint density at radius 1 is 1.25 bits per heavy atom. The highest BCUT2D eigenvalue weighted by Gasteiger charge is 2.27. The van der Waals surface area contributed by atoms with Gasteiger partial charge in [-0.25, -0.2) is 4.98 Å². The third-order valence-corrected chi connectivity index (χ3v) is 3.62. The molecule has 0 aliphatic rings. The van der Waals surface area contributed by atoms with Crippen LogP contribution in [-0.2, 0) is 4.79 Å². The maximum Gasteiger partial charge on any atom is 0.222 e. The Labute approximate surface area is 122 Å². The third kappa shape index (κ3) is 3.33. The van der Waals surface area contributed by atoms with Crippen molar-refractivity contribution in [2.24, 2.45) is 5.41 Å². The van der Waals surface area contributed by atoms with Crippen LogP contribution in [0.25, 0.3) is 11.6 Å². The summed E-state index contributed by atoms with van der Waals surface area (Å²) in [5, 5.41) is 11.5. The minimum Gasteiger partial charge on any atom is -0.493 e. The molecule has 20 heavy (non-hydrogen) atoms. The predicted molar refractivity (Wildman–Crippen MR) is 82.6 cm³/mol. The van der Waals surface area contributed by atoms with Crippen LogP contribution in [-0.4, -0.2) is 15.9 Å². The van der Waals surface area contributed by atoms with Crippen LogP contribution in [0.5, 0.6) is 5.88 Å². The van der Waals surface area contributed by atoms with Crippen molar-refractivity contribution >= 4 is 28.8 Å². The number of nitrogens with zero attached hydrogens (tertiary/aromatic N) is 1. The van der Waals surface area contributed by atoms with Gasteiger partial charge in [-0.2, -0.15) is 0 Å². The van der Waals surface area contributed by atoms with E-state index in [0.29, 0.717) is 10.6 Å². The second kappa shape index (κ2) is 5.59. The largest absolute Gasteiger partial charge is 0.493 e. The van der Waals surface area contributed by atoms with Crippen LogP contribution in [0.1, 0.15) is 31.3 Å². The van der Waals surface area contributed by atoms with Gasteiger partial charge in [-0.1, -0.05) is 51.1 Å². The summed E-state index contributed by atoms with van der Waals surface area (Å²) in [5.41, 5.74) is 0.978. The van der Waals surface area contributed by atoms with Crippen molar-refractivity contribution in [3.63, 3.8) is 0 Å². The number of Topliss-reactive ketones (excluding diaryl/α,β-unsaturated/α-hetero) is 1. The first kappa shape index (κ1) is 14.5. The Hall–Kier alpha value is -1.94. The van der Waals surface area contributed by atoms with E-state index in [9.17, 15) is 9.90 Å². The number of ketones is 1. The van der Waals surface area contributed by atoms with Gasteiger partial charge in [-0.05, 0) is 11.6 Å². The number of allylic oxidation sites excluding steroid dienone is 1. The highest BCUT2D eigenvalue weighted by atomic mass is 32.1. The molecule has 0 saturated heterocycles. The van der Waals surface area contributed by atoms with E-state index in [4.69, 9.17) is 0 Å². The van der Waals surface area contributed by atoms with Gasteiger partial charge < -0.3 is 5.11 Å². The summed E-state index contributed by atoms with van der Waals surface area (Å²) >= 11 is 1.27. The van der Waals surface area contributed by atoms with Gasteiger partial charge in [-0.3, -0.25) is 4.79 Å². The summed E-state index contributed by atoms with van der Waals surface area (Å²) in [6.07, 6.45) is 1.83. The molecule has 1 heterocycles. The minimum absolute atomic E-state index is 0.00991. The molecule has 0 amide bonds. The summed E-state index contributed by atoms with van der Waals surface area (Å²) in [6, 6.07) is 9.64. The zero-order valence-corrected chi connectivity index (χ0v) is 12.6. The number of aromatic hydroxyl groups is 1. The number of thiazole rings is 1. The Balaban J connectivity index is 2.50. The molecule has 0 atom stereocenters. The molecule has 0 aliphatic carbocycles. The lowest BCUT2D eigenvalue weighted by Gasteiger charge is -2.17. The van der Waals surface area contributed by atoms with E-state index in [1.807, 2.05) is 57.2 Å². The van der Waals surface area contributed by atoms with Gasteiger partial charge >= 0.3 is 0 Å². The third-order valence-electron chi connectivity index (χ3n) is 2.76. The van der Waals surface area contributed by atoms with Crippen molar-refractivity contribution in [1.82, 2.24) is 4.98 Å². The Morgan fingerprint density at radius 3 is 2.40 bits per heavy atom. The maximum absolute atomic E-state index is 12.6. The lowest BCUT2D eigenvalue weighted by molar-refractivity contribution is -0.120. The monoisotopic (exact) mass is 287 g/mol. The average molecular weight is 287 g/mol. The van der Waals surface area contributed by atoms with E-state index in [1.54, 1.807) is 0 Å². The first-order chi connectivity index (χ1) is 9.38. The fraction of sp³-hybridized carbons (Fsp3) is 0.250.